The summed E-state index contributed by atoms with van der Waals surface area (Å²) in [5.41, 5.74) is 2.57. The average molecular weight is 352 g/mol. The van der Waals surface area contributed by atoms with Crippen molar-refractivity contribution < 1.29 is 14.3 Å². The number of carbonyl (C=O) groups is 1. The summed E-state index contributed by atoms with van der Waals surface area (Å²) in [6.07, 6.45) is 3.40. The summed E-state index contributed by atoms with van der Waals surface area (Å²) in [6.45, 7) is 4.48. The Kier molecular flexibility index (Phi) is 5.07. The van der Waals surface area contributed by atoms with E-state index >= 15 is 0 Å². The minimum atomic E-state index is -0.109. The molecule has 2 heterocycles. The van der Waals surface area contributed by atoms with Crippen LogP contribution in [0, 0.1) is 0 Å². The van der Waals surface area contributed by atoms with Crippen LogP contribution in [0.15, 0.2) is 42.5 Å². The first kappa shape index (κ1) is 16.9. The molecule has 4 rings (SSSR count). The lowest BCUT2D eigenvalue weighted by Gasteiger charge is -2.15. The Hall–Kier alpha value is -2.53. The molecule has 0 unspecified atom stereocenters. The quantitative estimate of drug-likeness (QED) is 0.912. The third-order valence-corrected chi connectivity index (χ3v) is 4.80. The van der Waals surface area contributed by atoms with E-state index in [-0.39, 0.29) is 5.91 Å². The van der Waals surface area contributed by atoms with E-state index < -0.39 is 0 Å². The second-order valence-corrected chi connectivity index (χ2v) is 6.85. The number of benzene rings is 2. The van der Waals surface area contributed by atoms with Crippen LogP contribution >= 0.6 is 0 Å². The van der Waals surface area contributed by atoms with Gasteiger partial charge in [0.05, 0.1) is 13.2 Å². The predicted molar refractivity (Wildman–Crippen MR) is 101 cm³/mol. The van der Waals surface area contributed by atoms with Gasteiger partial charge in [0.2, 0.25) is 0 Å². The molecule has 136 valence electrons. The van der Waals surface area contributed by atoms with Crippen molar-refractivity contribution in [2.75, 3.05) is 31.6 Å². The Morgan fingerprint density at radius 1 is 0.962 bits per heavy atom. The minimum Gasteiger partial charge on any atom is -0.490 e. The van der Waals surface area contributed by atoms with Crippen LogP contribution in [0.1, 0.15) is 35.2 Å². The monoisotopic (exact) mass is 352 g/mol. The third kappa shape index (κ3) is 3.99. The van der Waals surface area contributed by atoms with Gasteiger partial charge in [-0.1, -0.05) is 12.1 Å². The molecule has 1 amide bonds. The zero-order valence-corrected chi connectivity index (χ0v) is 14.9. The minimum absolute atomic E-state index is 0.109. The van der Waals surface area contributed by atoms with Crippen LogP contribution in [0.4, 0.5) is 5.69 Å². The van der Waals surface area contributed by atoms with Gasteiger partial charge in [-0.3, -0.25) is 9.69 Å². The maximum atomic E-state index is 12.6. The van der Waals surface area contributed by atoms with Gasteiger partial charge in [0.25, 0.3) is 5.91 Å². The summed E-state index contributed by atoms with van der Waals surface area (Å²) in [5, 5.41) is 2.96. The molecule has 1 saturated heterocycles. The molecule has 5 nitrogen and oxygen atoms in total. The molecular weight excluding hydrogens is 328 g/mol. The number of nitrogens with zero attached hydrogens (tertiary/aromatic N) is 1. The van der Waals surface area contributed by atoms with Crippen LogP contribution in [-0.4, -0.2) is 37.1 Å². The summed E-state index contributed by atoms with van der Waals surface area (Å²) in [4.78, 5) is 15.1. The van der Waals surface area contributed by atoms with Gasteiger partial charge in [0.15, 0.2) is 11.5 Å². The van der Waals surface area contributed by atoms with Crippen LogP contribution in [0.3, 0.4) is 0 Å². The van der Waals surface area contributed by atoms with E-state index in [0.717, 1.165) is 31.8 Å². The Bertz CT molecular complexity index is 785. The molecule has 0 aromatic heterocycles. The van der Waals surface area contributed by atoms with E-state index in [4.69, 9.17) is 9.47 Å². The molecule has 2 aromatic rings. The number of amides is 1. The number of anilines is 1. The van der Waals surface area contributed by atoms with Crippen molar-refractivity contribution in [3.63, 3.8) is 0 Å². The van der Waals surface area contributed by atoms with Gasteiger partial charge in [-0.25, -0.2) is 0 Å². The molecule has 2 aliphatic heterocycles. The highest BCUT2D eigenvalue weighted by atomic mass is 16.5. The average Bonchev–Trinajstić information content (AvgIpc) is 3.05. The van der Waals surface area contributed by atoms with Gasteiger partial charge in [-0.15, -0.1) is 0 Å². The summed E-state index contributed by atoms with van der Waals surface area (Å²) in [6, 6.07) is 13.4. The summed E-state index contributed by atoms with van der Waals surface area (Å²) < 4.78 is 11.3. The number of rotatable bonds is 4. The SMILES string of the molecule is O=C(Nc1ccc2c(c1)OCCCO2)c1cccc(CN2CCCC2)c1. The highest BCUT2D eigenvalue weighted by Gasteiger charge is 2.15. The lowest BCUT2D eigenvalue weighted by molar-refractivity contribution is 0.102. The fourth-order valence-electron chi connectivity index (χ4n) is 3.45. The Morgan fingerprint density at radius 3 is 2.62 bits per heavy atom. The number of ether oxygens (including phenoxy) is 2. The molecule has 26 heavy (non-hydrogen) atoms. The summed E-state index contributed by atoms with van der Waals surface area (Å²) >= 11 is 0. The topological polar surface area (TPSA) is 50.8 Å². The number of hydrogen-bond donors (Lipinski definition) is 1. The molecule has 2 aromatic carbocycles. The third-order valence-electron chi connectivity index (χ3n) is 4.80. The van der Waals surface area contributed by atoms with Crippen molar-refractivity contribution in [3.8, 4) is 11.5 Å². The van der Waals surface area contributed by atoms with E-state index in [2.05, 4.69) is 16.3 Å². The van der Waals surface area contributed by atoms with E-state index in [1.165, 1.54) is 18.4 Å². The lowest BCUT2D eigenvalue weighted by Crippen LogP contribution is -2.19. The van der Waals surface area contributed by atoms with Gasteiger partial charge in [0.1, 0.15) is 0 Å². The van der Waals surface area contributed by atoms with Crippen LogP contribution in [0.25, 0.3) is 0 Å². The van der Waals surface area contributed by atoms with Crippen molar-refractivity contribution in [1.29, 1.82) is 0 Å². The maximum absolute atomic E-state index is 12.6. The van der Waals surface area contributed by atoms with Crippen molar-refractivity contribution in [2.24, 2.45) is 0 Å². The van der Waals surface area contributed by atoms with Crippen molar-refractivity contribution in [3.05, 3.63) is 53.6 Å². The molecule has 5 heteroatoms. The first-order chi connectivity index (χ1) is 12.8. The molecule has 0 saturated carbocycles. The second-order valence-electron chi connectivity index (χ2n) is 6.85. The fourth-order valence-corrected chi connectivity index (χ4v) is 3.45. The normalized spacial score (nSPS) is 16.9. The zero-order chi connectivity index (χ0) is 17.8. The molecule has 1 fully saturated rings. The molecule has 2 aliphatic rings. The predicted octanol–water partition coefficient (Wildman–Crippen LogP) is 3.70. The van der Waals surface area contributed by atoms with E-state index in [1.807, 2.05) is 36.4 Å². The maximum Gasteiger partial charge on any atom is 0.255 e. The lowest BCUT2D eigenvalue weighted by atomic mass is 10.1. The van der Waals surface area contributed by atoms with Crippen LogP contribution in [-0.2, 0) is 6.54 Å². The number of nitrogens with one attached hydrogen (secondary N) is 1. The van der Waals surface area contributed by atoms with Crippen molar-refractivity contribution >= 4 is 11.6 Å². The molecule has 0 bridgehead atoms. The molecule has 0 radical (unpaired) electrons. The van der Waals surface area contributed by atoms with E-state index in [1.54, 1.807) is 0 Å². The number of carbonyl (C=O) groups excluding carboxylic acids is 1. The number of fused-ring (bicyclic) bond motifs is 1. The zero-order valence-electron chi connectivity index (χ0n) is 14.9. The largest absolute Gasteiger partial charge is 0.490 e. The first-order valence-corrected chi connectivity index (χ1v) is 9.30. The standard InChI is InChI=1S/C21H24N2O3/c24-21(17-6-3-5-16(13-17)15-23-9-1-2-10-23)22-18-7-8-19-20(14-18)26-12-4-11-25-19/h3,5-8,13-14H,1-2,4,9-12,15H2,(H,22,24). The Labute approximate surface area is 153 Å². The summed E-state index contributed by atoms with van der Waals surface area (Å²) in [5.74, 6) is 1.30. The fraction of sp³-hybridized carbons (Fsp3) is 0.381. The molecular formula is C21H24N2O3. The van der Waals surface area contributed by atoms with Gasteiger partial charge >= 0.3 is 0 Å². The van der Waals surface area contributed by atoms with Gasteiger partial charge < -0.3 is 14.8 Å². The summed E-state index contributed by atoms with van der Waals surface area (Å²) in [7, 11) is 0. The highest BCUT2D eigenvalue weighted by Crippen LogP contribution is 2.32. The van der Waals surface area contributed by atoms with Gasteiger partial charge in [-0.05, 0) is 55.8 Å². The van der Waals surface area contributed by atoms with Crippen LogP contribution in [0.2, 0.25) is 0 Å². The van der Waals surface area contributed by atoms with Gasteiger partial charge in [-0.2, -0.15) is 0 Å². The van der Waals surface area contributed by atoms with E-state index in [9.17, 15) is 4.79 Å². The van der Waals surface area contributed by atoms with Crippen molar-refractivity contribution in [1.82, 2.24) is 4.90 Å². The molecule has 0 spiro atoms. The Balaban J connectivity index is 1.45. The second kappa shape index (κ2) is 7.79. The molecule has 0 atom stereocenters. The highest BCUT2D eigenvalue weighted by molar-refractivity contribution is 6.04. The van der Waals surface area contributed by atoms with Crippen LogP contribution in [0.5, 0.6) is 11.5 Å². The van der Waals surface area contributed by atoms with E-state index in [0.29, 0.717) is 30.2 Å². The molecule has 1 N–H and O–H groups in total. The van der Waals surface area contributed by atoms with Crippen molar-refractivity contribution in [2.45, 2.75) is 25.8 Å². The van der Waals surface area contributed by atoms with Gasteiger partial charge in [0, 0.05) is 30.3 Å². The smallest absolute Gasteiger partial charge is 0.255 e. The Morgan fingerprint density at radius 2 is 1.77 bits per heavy atom. The first-order valence-electron chi connectivity index (χ1n) is 9.30. The number of hydrogen-bond acceptors (Lipinski definition) is 4. The van der Waals surface area contributed by atoms with Crippen LogP contribution < -0.4 is 14.8 Å². The molecule has 0 aliphatic carbocycles. The number of likely N-dealkylation sites (tertiary alicyclic amines) is 1.